The number of carbonyl (C=O) groups excluding carboxylic acids is 1. The molecule has 3 aromatic heterocycles. The van der Waals surface area contributed by atoms with Crippen molar-refractivity contribution in [3.8, 4) is 0 Å². The minimum atomic E-state index is -0.543. The zero-order valence-corrected chi connectivity index (χ0v) is 24.5. The number of benzene rings is 2. The highest BCUT2D eigenvalue weighted by Crippen LogP contribution is 2.37. The van der Waals surface area contributed by atoms with Gasteiger partial charge in [-0.15, -0.1) is 5.10 Å². The van der Waals surface area contributed by atoms with E-state index in [4.69, 9.17) is 4.74 Å². The topological polar surface area (TPSA) is 127 Å². The summed E-state index contributed by atoms with van der Waals surface area (Å²) in [6, 6.07) is 20.4. The van der Waals surface area contributed by atoms with E-state index in [0.717, 1.165) is 11.1 Å². The van der Waals surface area contributed by atoms with Gasteiger partial charge in [-0.2, -0.15) is 4.98 Å². The molecule has 1 N–H and O–H groups in total. The summed E-state index contributed by atoms with van der Waals surface area (Å²) in [5.41, 5.74) is 2.90. The second-order valence-corrected chi connectivity index (χ2v) is 11.7. The molecule has 1 saturated heterocycles. The molecule has 0 saturated carbocycles. The van der Waals surface area contributed by atoms with E-state index in [-0.39, 0.29) is 23.7 Å². The molecule has 12 heteroatoms. The molecule has 0 radical (unpaired) electrons. The van der Waals surface area contributed by atoms with Crippen LogP contribution in [0.1, 0.15) is 49.7 Å². The number of amides is 1. The smallest absolute Gasteiger partial charge is 0.410 e. The number of hydrogen-bond donors (Lipinski definition) is 1. The number of aromatic amines is 1. The third-order valence-electron chi connectivity index (χ3n) is 7.54. The van der Waals surface area contributed by atoms with Gasteiger partial charge in [-0.1, -0.05) is 65.9 Å². The fraction of sp³-hybridized carbons (Fsp3) is 0.355. The molecule has 1 fully saturated rings. The van der Waals surface area contributed by atoms with E-state index in [0.29, 0.717) is 49.6 Å². The van der Waals surface area contributed by atoms with Gasteiger partial charge < -0.3 is 19.2 Å². The van der Waals surface area contributed by atoms with Crippen molar-refractivity contribution in [2.45, 2.75) is 45.0 Å². The van der Waals surface area contributed by atoms with Gasteiger partial charge in [0.25, 0.3) is 5.56 Å². The monoisotopic (exact) mass is 581 g/mol. The molecule has 12 nitrogen and oxygen atoms in total. The Balaban J connectivity index is 1.33. The summed E-state index contributed by atoms with van der Waals surface area (Å²) in [6.07, 6.45) is 4.63. The van der Waals surface area contributed by atoms with E-state index in [1.54, 1.807) is 9.47 Å². The number of ether oxygens (including phenoxy) is 1. The van der Waals surface area contributed by atoms with E-state index >= 15 is 0 Å². The first-order valence-electron chi connectivity index (χ1n) is 14.4. The summed E-state index contributed by atoms with van der Waals surface area (Å²) in [4.78, 5) is 40.2. The van der Waals surface area contributed by atoms with Gasteiger partial charge in [0.1, 0.15) is 17.6 Å². The SMILES string of the molecule is CC(C)(C)OC(=O)N1CCN(C(c2ccccc2)C(c2ccccc2)n2cc(Cn3cnc(=O)c4[nH]cnc43)nn2)CC1. The Morgan fingerprint density at radius 3 is 2.23 bits per heavy atom. The second-order valence-electron chi connectivity index (χ2n) is 11.7. The van der Waals surface area contributed by atoms with E-state index in [1.807, 2.05) is 68.0 Å². The van der Waals surface area contributed by atoms with E-state index in [2.05, 4.69) is 54.4 Å². The molecule has 43 heavy (non-hydrogen) atoms. The van der Waals surface area contributed by atoms with Gasteiger partial charge in [0.2, 0.25) is 0 Å². The largest absolute Gasteiger partial charge is 0.444 e. The van der Waals surface area contributed by atoms with Crippen molar-refractivity contribution in [3.05, 3.63) is 107 Å². The van der Waals surface area contributed by atoms with Crippen molar-refractivity contribution in [1.82, 2.24) is 44.3 Å². The third-order valence-corrected chi connectivity index (χ3v) is 7.54. The number of fused-ring (bicyclic) bond motifs is 1. The van der Waals surface area contributed by atoms with Crippen molar-refractivity contribution in [1.29, 1.82) is 0 Å². The molecule has 0 bridgehead atoms. The molecule has 5 aromatic rings. The highest BCUT2D eigenvalue weighted by molar-refractivity contribution is 5.69. The van der Waals surface area contributed by atoms with Crippen molar-refractivity contribution >= 4 is 17.3 Å². The number of imidazole rings is 1. The quantitative estimate of drug-likeness (QED) is 0.309. The van der Waals surface area contributed by atoms with E-state index < -0.39 is 5.60 Å². The van der Waals surface area contributed by atoms with Gasteiger partial charge in [-0.3, -0.25) is 9.69 Å². The van der Waals surface area contributed by atoms with Crippen LogP contribution in [0.2, 0.25) is 0 Å². The number of rotatable bonds is 7. The maximum atomic E-state index is 12.8. The van der Waals surface area contributed by atoms with Crippen molar-refractivity contribution in [2.24, 2.45) is 0 Å². The summed E-state index contributed by atoms with van der Waals surface area (Å²) in [5, 5.41) is 9.15. The number of piperazine rings is 1. The predicted molar refractivity (Wildman–Crippen MR) is 160 cm³/mol. The molecule has 6 rings (SSSR count). The van der Waals surface area contributed by atoms with E-state index in [1.165, 1.54) is 12.7 Å². The molecular weight excluding hydrogens is 546 g/mol. The first-order chi connectivity index (χ1) is 20.8. The molecule has 1 aliphatic heterocycles. The fourth-order valence-corrected chi connectivity index (χ4v) is 5.60. The maximum Gasteiger partial charge on any atom is 0.410 e. The first-order valence-corrected chi connectivity index (χ1v) is 14.4. The summed E-state index contributed by atoms with van der Waals surface area (Å²) in [7, 11) is 0. The van der Waals surface area contributed by atoms with Crippen LogP contribution in [0.25, 0.3) is 11.2 Å². The third kappa shape index (κ3) is 6.19. The molecule has 4 heterocycles. The van der Waals surface area contributed by atoms with Crippen LogP contribution in [-0.2, 0) is 11.3 Å². The lowest BCUT2D eigenvalue weighted by atomic mass is 9.91. The van der Waals surface area contributed by atoms with E-state index in [9.17, 15) is 9.59 Å². The zero-order valence-electron chi connectivity index (χ0n) is 24.5. The Kier molecular flexibility index (Phi) is 7.76. The van der Waals surface area contributed by atoms with Crippen LogP contribution < -0.4 is 5.56 Å². The van der Waals surface area contributed by atoms with Crippen molar-refractivity contribution in [3.63, 3.8) is 0 Å². The average Bonchev–Trinajstić information content (AvgIpc) is 3.68. The molecule has 2 atom stereocenters. The molecule has 1 amide bonds. The summed E-state index contributed by atoms with van der Waals surface area (Å²) < 4.78 is 9.34. The van der Waals surface area contributed by atoms with Crippen LogP contribution in [0.4, 0.5) is 4.79 Å². The molecule has 0 spiro atoms. The Morgan fingerprint density at radius 1 is 0.930 bits per heavy atom. The van der Waals surface area contributed by atoms with Crippen LogP contribution in [0.15, 0.2) is 84.3 Å². The van der Waals surface area contributed by atoms with Crippen molar-refractivity contribution < 1.29 is 9.53 Å². The highest BCUT2D eigenvalue weighted by Gasteiger charge is 2.36. The van der Waals surface area contributed by atoms with Gasteiger partial charge in [0, 0.05) is 26.2 Å². The van der Waals surface area contributed by atoms with Gasteiger partial charge in [0.05, 0.1) is 31.2 Å². The first kappa shape index (κ1) is 28.3. The van der Waals surface area contributed by atoms with Gasteiger partial charge >= 0.3 is 6.09 Å². The fourth-order valence-electron chi connectivity index (χ4n) is 5.60. The molecule has 2 aromatic carbocycles. The Labute approximate surface area is 248 Å². The minimum absolute atomic E-state index is 0.0916. The number of nitrogens with zero attached hydrogens (tertiary/aromatic N) is 8. The van der Waals surface area contributed by atoms with Crippen LogP contribution in [0.3, 0.4) is 0 Å². The maximum absolute atomic E-state index is 12.8. The lowest BCUT2D eigenvalue weighted by Gasteiger charge is -2.42. The minimum Gasteiger partial charge on any atom is -0.444 e. The zero-order chi connectivity index (χ0) is 30.0. The van der Waals surface area contributed by atoms with Gasteiger partial charge in [-0.05, 0) is 31.9 Å². The summed E-state index contributed by atoms with van der Waals surface area (Å²) in [5.74, 6) is 0. The van der Waals surface area contributed by atoms with Gasteiger partial charge in [0.15, 0.2) is 11.2 Å². The second kappa shape index (κ2) is 11.8. The Morgan fingerprint density at radius 2 is 1.58 bits per heavy atom. The highest BCUT2D eigenvalue weighted by atomic mass is 16.6. The van der Waals surface area contributed by atoms with Gasteiger partial charge in [-0.25, -0.2) is 14.5 Å². The molecule has 1 aliphatic rings. The van der Waals surface area contributed by atoms with Crippen LogP contribution in [0.5, 0.6) is 0 Å². The van der Waals surface area contributed by atoms with Crippen LogP contribution >= 0.6 is 0 Å². The number of aromatic nitrogens is 7. The average molecular weight is 582 g/mol. The standard InChI is InChI=1S/C31H35N9O3/c1-31(2,3)43-30(42)38-16-14-37(15-17-38)26(22-10-6-4-7-11-22)27(23-12-8-5-9-13-23)40-19-24(35-36-40)18-39-21-34-29(41)25-28(39)33-20-32-25/h4-13,19-21,26-27H,14-18H2,1-3H3,(H,32,33). The number of hydrogen-bond acceptors (Lipinski definition) is 8. The van der Waals surface area contributed by atoms with Crippen molar-refractivity contribution in [2.75, 3.05) is 26.2 Å². The lowest BCUT2D eigenvalue weighted by Crippen LogP contribution is -2.52. The summed E-state index contributed by atoms with van der Waals surface area (Å²) in [6.45, 7) is 8.45. The molecule has 0 aliphatic carbocycles. The lowest BCUT2D eigenvalue weighted by molar-refractivity contribution is 0.00756. The molecule has 222 valence electrons. The molecule has 2 unspecified atom stereocenters. The number of nitrogens with one attached hydrogen (secondary N) is 1. The predicted octanol–water partition coefficient (Wildman–Crippen LogP) is 3.64. The Hall–Kier alpha value is -4.84. The molecular formula is C31H35N9O3. The number of carbonyl (C=O) groups is 1. The number of H-pyrrole nitrogens is 1. The normalized spacial score (nSPS) is 15.8. The Bertz CT molecular complexity index is 1730. The van der Waals surface area contributed by atoms with Crippen LogP contribution in [-0.4, -0.2) is 82.2 Å². The summed E-state index contributed by atoms with van der Waals surface area (Å²) >= 11 is 0. The van der Waals surface area contributed by atoms with Crippen LogP contribution in [0, 0.1) is 0 Å².